The van der Waals surface area contributed by atoms with Crippen molar-refractivity contribution in [2.75, 3.05) is 0 Å². The van der Waals surface area contributed by atoms with Crippen LogP contribution in [0.5, 0.6) is 0 Å². The lowest BCUT2D eigenvalue weighted by Gasteiger charge is -2.09. The maximum absolute atomic E-state index is 10.7. The van der Waals surface area contributed by atoms with Crippen LogP contribution in [0.15, 0.2) is 60.9 Å². The Balaban J connectivity index is 2.10. The van der Waals surface area contributed by atoms with Gasteiger partial charge >= 0.3 is 0 Å². The zero-order valence-corrected chi connectivity index (χ0v) is 11.4. The van der Waals surface area contributed by atoms with Gasteiger partial charge in [-0.3, -0.25) is 14.7 Å². The van der Waals surface area contributed by atoms with Gasteiger partial charge in [-0.15, -0.1) is 0 Å². The van der Waals surface area contributed by atoms with Crippen LogP contribution in [0.25, 0.3) is 16.9 Å². The largest absolute Gasteiger partial charge is 0.299 e. The van der Waals surface area contributed by atoms with Crippen molar-refractivity contribution < 1.29 is 4.92 Å². The van der Waals surface area contributed by atoms with E-state index < -0.39 is 4.92 Å². The van der Waals surface area contributed by atoms with Gasteiger partial charge in [0.1, 0.15) is 0 Å². The number of aryl methyl sites for hydroxylation is 1. The van der Waals surface area contributed by atoms with Crippen LogP contribution in [-0.2, 0) is 0 Å². The minimum atomic E-state index is -0.402. The third kappa shape index (κ3) is 2.41. The van der Waals surface area contributed by atoms with Crippen LogP contribution in [0.4, 0.5) is 5.69 Å². The Labute approximate surface area is 121 Å². The molecule has 0 N–H and O–H groups in total. The van der Waals surface area contributed by atoms with Crippen LogP contribution >= 0.6 is 0 Å². The molecule has 1 heterocycles. The molecule has 0 atom stereocenters. The van der Waals surface area contributed by atoms with E-state index in [1.54, 1.807) is 18.5 Å². The first-order chi connectivity index (χ1) is 10.2. The van der Waals surface area contributed by atoms with Gasteiger partial charge < -0.3 is 0 Å². The maximum atomic E-state index is 10.7. The second-order valence-corrected chi connectivity index (χ2v) is 4.69. The van der Waals surface area contributed by atoms with Crippen molar-refractivity contribution in [3.05, 3.63) is 76.7 Å². The van der Waals surface area contributed by atoms with Crippen molar-refractivity contribution in [2.45, 2.75) is 6.92 Å². The number of nitro groups is 1. The zero-order chi connectivity index (χ0) is 14.8. The highest BCUT2D eigenvalue weighted by molar-refractivity contribution is 5.65. The Morgan fingerprint density at radius 2 is 1.71 bits per heavy atom. The van der Waals surface area contributed by atoms with Gasteiger partial charge in [-0.25, -0.2) is 4.98 Å². The van der Waals surface area contributed by atoms with Gasteiger partial charge in [0.15, 0.2) is 0 Å². The first kappa shape index (κ1) is 13.1. The maximum Gasteiger partial charge on any atom is 0.269 e. The fourth-order valence-corrected chi connectivity index (χ4v) is 2.31. The van der Waals surface area contributed by atoms with Gasteiger partial charge in [0, 0.05) is 23.4 Å². The first-order valence-electron chi connectivity index (χ1n) is 6.51. The van der Waals surface area contributed by atoms with Crippen LogP contribution in [0.2, 0.25) is 0 Å². The summed E-state index contributed by atoms with van der Waals surface area (Å²) in [5.74, 6) is 0. The quantitative estimate of drug-likeness (QED) is 0.541. The number of imidazole rings is 1. The SMILES string of the molecule is Cc1ncn(-c2ccc([N+](=O)[O-])cc2)c1-c1ccccc1. The predicted molar refractivity (Wildman–Crippen MR) is 80.4 cm³/mol. The summed E-state index contributed by atoms with van der Waals surface area (Å²) in [4.78, 5) is 14.7. The number of rotatable bonds is 3. The third-order valence-corrected chi connectivity index (χ3v) is 3.34. The Morgan fingerprint density at radius 3 is 2.33 bits per heavy atom. The monoisotopic (exact) mass is 279 g/mol. The molecule has 0 aliphatic rings. The van der Waals surface area contributed by atoms with E-state index in [1.165, 1.54) is 12.1 Å². The van der Waals surface area contributed by atoms with Crippen LogP contribution in [0.3, 0.4) is 0 Å². The van der Waals surface area contributed by atoms with Crippen molar-refractivity contribution in [2.24, 2.45) is 0 Å². The summed E-state index contributed by atoms with van der Waals surface area (Å²) in [6, 6.07) is 16.4. The molecule has 3 rings (SSSR count). The lowest BCUT2D eigenvalue weighted by Crippen LogP contribution is -1.96. The van der Waals surface area contributed by atoms with Gasteiger partial charge in [0.25, 0.3) is 5.69 Å². The van der Waals surface area contributed by atoms with Crippen LogP contribution in [-0.4, -0.2) is 14.5 Å². The van der Waals surface area contributed by atoms with E-state index in [0.29, 0.717) is 0 Å². The molecule has 0 unspecified atom stereocenters. The highest BCUT2D eigenvalue weighted by Gasteiger charge is 2.12. The van der Waals surface area contributed by atoms with E-state index in [1.807, 2.05) is 41.8 Å². The second-order valence-electron chi connectivity index (χ2n) is 4.69. The summed E-state index contributed by atoms with van der Waals surface area (Å²) < 4.78 is 1.94. The molecule has 0 radical (unpaired) electrons. The number of nitrogens with zero attached hydrogens (tertiary/aromatic N) is 3. The highest BCUT2D eigenvalue weighted by Crippen LogP contribution is 2.26. The average molecular weight is 279 g/mol. The van der Waals surface area contributed by atoms with E-state index >= 15 is 0 Å². The van der Waals surface area contributed by atoms with Gasteiger partial charge in [-0.05, 0) is 19.1 Å². The van der Waals surface area contributed by atoms with E-state index in [2.05, 4.69) is 4.98 Å². The molecule has 0 spiro atoms. The Hall–Kier alpha value is -2.95. The van der Waals surface area contributed by atoms with E-state index in [0.717, 1.165) is 22.6 Å². The molecular weight excluding hydrogens is 266 g/mol. The molecular formula is C16H13N3O2. The lowest BCUT2D eigenvalue weighted by atomic mass is 10.1. The van der Waals surface area contributed by atoms with Crippen molar-refractivity contribution >= 4 is 5.69 Å². The molecule has 1 aromatic heterocycles. The van der Waals surface area contributed by atoms with Crippen molar-refractivity contribution in [3.63, 3.8) is 0 Å². The lowest BCUT2D eigenvalue weighted by molar-refractivity contribution is -0.384. The molecule has 5 heteroatoms. The Morgan fingerprint density at radius 1 is 1.05 bits per heavy atom. The number of nitro benzene ring substituents is 1. The number of aromatic nitrogens is 2. The molecule has 0 saturated carbocycles. The molecule has 0 bridgehead atoms. The molecule has 0 amide bonds. The standard InChI is InChI=1S/C16H13N3O2/c1-12-16(13-5-3-2-4-6-13)18(11-17-12)14-7-9-15(10-8-14)19(20)21/h2-11H,1H3. The fourth-order valence-electron chi connectivity index (χ4n) is 2.31. The summed E-state index contributed by atoms with van der Waals surface area (Å²) in [5, 5.41) is 10.7. The first-order valence-corrected chi connectivity index (χ1v) is 6.51. The Bertz CT molecular complexity index is 777. The molecule has 0 aliphatic carbocycles. The molecule has 104 valence electrons. The van der Waals surface area contributed by atoms with Crippen LogP contribution in [0.1, 0.15) is 5.69 Å². The molecule has 5 nitrogen and oxygen atoms in total. The summed E-state index contributed by atoms with van der Waals surface area (Å²) in [6.07, 6.45) is 1.73. The van der Waals surface area contributed by atoms with Gasteiger partial charge in [-0.1, -0.05) is 30.3 Å². The molecule has 0 saturated heterocycles. The Kier molecular flexibility index (Phi) is 3.23. The van der Waals surface area contributed by atoms with Crippen LogP contribution < -0.4 is 0 Å². The number of hydrogen-bond donors (Lipinski definition) is 0. The number of non-ortho nitro benzene ring substituents is 1. The van der Waals surface area contributed by atoms with Crippen molar-refractivity contribution in [1.82, 2.24) is 9.55 Å². The summed E-state index contributed by atoms with van der Waals surface area (Å²) >= 11 is 0. The third-order valence-electron chi connectivity index (χ3n) is 3.34. The molecule has 0 fully saturated rings. The van der Waals surface area contributed by atoms with Gasteiger partial charge in [-0.2, -0.15) is 0 Å². The van der Waals surface area contributed by atoms with Crippen LogP contribution in [0, 0.1) is 17.0 Å². The number of benzene rings is 2. The molecule has 2 aromatic carbocycles. The summed E-state index contributed by atoms with van der Waals surface area (Å²) in [6.45, 7) is 1.95. The van der Waals surface area contributed by atoms with E-state index in [-0.39, 0.29) is 5.69 Å². The summed E-state index contributed by atoms with van der Waals surface area (Å²) in [7, 11) is 0. The fraction of sp³-hybridized carbons (Fsp3) is 0.0625. The zero-order valence-electron chi connectivity index (χ0n) is 11.4. The van der Waals surface area contributed by atoms with E-state index in [9.17, 15) is 10.1 Å². The van der Waals surface area contributed by atoms with Gasteiger partial charge in [0.05, 0.1) is 22.6 Å². The predicted octanol–water partition coefficient (Wildman–Crippen LogP) is 3.76. The highest BCUT2D eigenvalue weighted by atomic mass is 16.6. The second kappa shape index (κ2) is 5.20. The molecule has 3 aromatic rings. The normalized spacial score (nSPS) is 10.5. The topological polar surface area (TPSA) is 61.0 Å². The van der Waals surface area contributed by atoms with Crippen molar-refractivity contribution in [1.29, 1.82) is 0 Å². The van der Waals surface area contributed by atoms with Crippen molar-refractivity contribution in [3.8, 4) is 16.9 Å². The van der Waals surface area contributed by atoms with E-state index in [4.69, 9.17) is 0 Å². The molecule has 21 heavy (non-hydrogen) atoms. The smallest absolute Gasteiger partial charge is 0.269 e. The minimum Gasteiger partial charge on any atom is -0.299 e. The molecule has 0 aliphatic heterocycles. The van der Waals surface area contributed by atoms with Gasteiger partial charge in [0.2, 0.25) is 0 Å². The average Bonchev–Trinajstić information content (AvgIpc) is 2.90. The summed E-state index contributed by atoms with van der Waals surface area (Å²) in [5.41, 5.74) is 3.90. The minimum absolute atomic E-state index is 0.0804. The number of hydrogen-bond acceptors (Lipinski definition) is 3.